The average Bonchev–Trinajstić information content (AvgIpc) is 2.38. The van der Waals surface area contributed by atoms with Crippen LogP contribution in [0.3, 0.4) is 0 Å². The topological polar surface area (TPSA) is 34.1 Å². The van der Waals surface area contributed by atoms with E-state index in [-0.39, 0.29) is 0 Å². The highest BCUT2D eigenvalue weighted by Gasteiger charge is 2.07. The molecule has 0 aliphatic rings. The van der Waals surface area contributed by atoms with Gasteiger partial charge in [0.2, 0.25) is 0 Å². The van der Waals surface area contributed by atoms with Gasteiger partial charge in [-0.15, -0.1) is 0 Å². The van der Waals surface area contributed by atoms with Gasteiger partial charge in [0.05, 0.1) is 4.90 Å². The third-order valence-electron chi connectivity index (χ3n) is 3.17. The van der Waals surface area contributed by atoms with Crippen LogP contribution in [0, 0.1) is 0 Å². The molecule has 0 aliphatic heterocycles. The summed E-state index contributed by atoms with van der Waals surface area (Å²) in [6.45, 7) is 4.32. The van der Waals surface area contributed by atoms with Crippen molar-refractivity contribution in [3.8, 4) is 11.1 Å². The molecule has 0 saturated carbocycles. The van der Waals surface area contributed by atoms with E-state index in [1.165, 1.54) is 11.8 Å². The Morgan fingerprint density at radius 1 is 0.895 bits per heavy atom. The van der Waals surface area contributed by atoms with Crippen molar-refractivity contribution in [2.45, 2.75) is 24.7 Å². The van der Waals surface area contributed by atoms with E-state index in [2.05, 4.69) is 26.0 Å². The summed E-state index contributed by atoms with van der Waals surface area (Å²) >= 11 is 0. The van der Waals surface area contributed by atoms with Crippen LogP contribution in [0.4, 0.5) is 0 Å². The van der Waals surface area contributed by atoms with Gasteiger partial charge in [0.25, 0.3) is 0 Å². The summed E-state index contributed by atoms with van der Waals surface area (Å²) in [5.41, 5.74) is 3.44. The van der Waals surface area contributed by atoms with Gasteiger partial charge in [-0.1, -0.05) is 50.2 Å². The normalized spacial score (nSPS) is 11.8. The van der Waals surface area contributed by atoms with Crippen LogP contribution in [0.1, 0.15) is 25.3 Å². The zero-order valence-corrected chi connectivity index (χ0v) is 12.2. The summed E-state index contributed by atoms with van der Waals surface area (Å²) in [4.78, 5) is 0.358. The molecule has 0 aliphatic carbocycles. The lowest BCUT2D eigenvalue weighted by atomic mass is 9.97. The molecule has 2 aromatic carbocycles. The average molecular weight is 274 g/mol. The Morgan fingerprint density at radius 2 is 1.53 bits per heavy atom. The fraction of sp³-hybridized carbons (Fsp3) is 0.250. The highest BCUT2D eigenvalue weighted by molar-refractivity contribution is 7.90. The molecule has 0 bridgehead atoms. The SMILES string of the molecule is CC(C)c1cccc(-c2ccc(S(C)(=O)=O)cc2)c1. The van der Waals surface area contributed by atoms with Gasteiger partial charge in [0.15, 0.2) is 9.84 Å². The lowest BCUT2D eigenvalue weighted by molar-refractivity contribution is 0.602. The van der Waals surface area contributed by atoms with Crippen LogP contribution in [-0.4, -0.2) is 14.7 Å². The zero-order valence-electron chi connectivity index (χ0n) is 11.4. The fourth-order valence-electron chi connectivity index (χ4n) is 1.97. The standard InChI is InChI=1S/C16H18O2S/c1-12(2)14-5-4-6-15(11-14)13-7-9-16(10-8-13)19(3,17)18/h4-12H,1-3H3. The Kier molecular flexibility index (Phi) is 3.76. The quantitative estimate of drug-likeness (QED) is 0.851. The zero-order chi connectivity index (χ0) is 14.0. The Balaban J connectivity index is 2.40. The van der Waals surface area contributed by atoms with Gasteiger partial charge in [-0.25, -0.2) is 8.42 Å². The van der Waals surface area contributed by atoms with Gasteiger partial charge < -0.3 is 0 Å². The van der Waals surface area contributed by atoms with E-state index in [4.69, 9.17) is 0 Å². The van der Waals surface area contributed by atoms with Crippen molar-refractivity contribution >= 4 is 9.84 Å². The highest BCUT2D eigenvalue weighted by atomic mass is 32.2. The van der Waals surface area contributed by atoms with Crippen molar-refractivity contribution in [3.05, 3.63) is 54.1 Å². The monoisotopic (exact) mass is 274 g/mol. The molecule has 0 atom stereocenters. The Morgan fingerprint density at radius 3 is 2.05 bits per heavy atom. The van der Waals surface area contributed by atoms with Crippen LogP contribution >= 0.6 is 0 Å². The minimum atomic E-state index is -3.12. The first-order valence-corrected chi connectivity index (χ1v) is 8.17. The molecule has 19 heavy (non-hydrogen) atoms. The van der Waals surface area contributed by atoms with E-state index >= 15 is 0 Å². The van der Waals surface area contributed by atoms with E-state index in [1.54, 1.807) is 12.1 Å². The molecule has 0 unspecified atom stereocenters. The maximum atomic E-state index is 11.4. The summed E-state index contributed by atoms with van der Waals surface area (Å²) in [5, 5.41) is 0. The smallest absolute Gasteiger partial charge is 0.175 e. The number of hydrogen-bond acceptors (Lipinski definition) is 2. The number of sulfone groups is 1. The first-order valence-electron chi connectivity index (χ1n) is 6.28. The Hall–Kier alpha value is -1.61. The molecule has 0 spiro atoms. The largest absolute Gasteiger partial charge is 0.224 e. The van der Waals surface area contributed by atoms with Crippen molar-refractivity contribution in [1.82, 2.24) is 0 Å². The van der Waals surface area contributed by atoms with Gasteiger partial charge in [-0.05, 0) is 34.7 Å². The van der Waals surface area contributed by atoms with Crippen LogP contribution < -0.4 is 0 Å². The first kappa shape index (κ1) is 13.8. The molecule has 2 nitrogen and oxygen atoms in total. The third-order valence-corrected chi connectivity index (χ3v) is 4.30. The van der Waals surface area contributed by atoms with Crippen LogP contribution in [0.15, 0.2) is 53.4 Å². The van der Waals surface area contributed by atoms with Gasteiger partial charge >= 0.3 is 0 Å². The molecule has 0 heterocycles. The second-order valence-corrected chi connectivity index (χ2v) is 7.09. The minimum Gasteiger partial charge on any atom is -0.224 e. The minimum absolute atomic E-state index is 0.358. The first-order chi connectivity index (χ1) is 8.88. The lowest BCUT2D eigenvalue weighted by Gasteiger charge is -2.08. The van der Waals surface area contributed by atoms with E-state index in [9.17, 15) is 8.42 Å². The van der Waals surface area contributed by atoms with E-state index < -0.39 is 9.84 Å². The second kappa shape index (κ2) is 5.17. The molecule has 2 rings (SSSR count). The van der Waals surface area contributed by atoms with Crippen LogP contribution in [0.25, 0.3) is 11.1 Å². The fourth-order valence-corrected chi connectivity index (χ4v) is 2.60. The molecule has 0 N–H and O–H groups in total. The molecule has 0 fully saturated rings. The predicted molar refractivity (Wildman–Crippen MR) is 79.1 cm³/mol. The Labute approximate surface area is 115 Å². The van der Waals surface area contributed by atoms with Crippen molar-refractivity contribution < 1.29 is 8.42 Å². The maximum absolute atomic E-state index is 11.4. The molecule has 0 radical (unpaired) electrons. The molecule has 0 amide bonds. The third kappa shape index (κ3) is 3.24. The van der Waals surface area contributed by atoms with Crippen LogP contribution in [-0.2, 0) is 9.84 Å². The molecular formula is C16H18O2S. The molecule has 100 valence electrons. The summed E-state index contributed by atoms with van der Waals surface area (Å²) in [6, 6.07) is 15.4. The molecule has 3 heteroatoms. The predicted octanol–water partition coefficient (Wildman–Crippen LogP) is 3.88. The lowest BCUT2D eigenvalue weighted by Crippen LogP contribution is -1.96. The number of hydrogen-bond donors (Lipinski definition) is 0. The van der Waals surface area contributed by atoms with E-state index in [0.29, 0.717) is 10.8 Å². The number of rotatable bonds is 3. The maximum Gasteiger partial charge on any atom is 0.175 e. The van der Waals surface area contributed by atoms with Gasteiger partial charge in [-0.2, -0.15) is 0 Å². The molecular weight excluding hydrogens is 256 g/mol. The van der Waals surface area contributed by atoms with Crippen LogP contribution in [0.2, 0.25) is 0 Å². The van der Waals surface area contributed by atoms with E-state index in [1.807, 2.05) is 24.3 Å². The second-order valence-electron chi connectivity index (χ2n) is 5.08. The van der Waals surface area contributed by atoms with Crippen molar-refractivity contribution in [2.75, 3.05) is 6.26 Å². The summed E-state index contributed by atoms with van der Waals surface area (Å²) in [7, 11) is -3.12. The summed E-state index contributed by atoms with van der Waals surface area (Å²) < 4.78 is 22.8. The van der Waals surface area contributed by atoms with E-state index in [0.717, 1.165) is 11.1 Å². The van der Waals surface area contributed by atoms with Crippen LogP contribution in [0.5, 0.6) is 0 Å². The number of benzene rings is 2. The van der Waals surface area contributed by atoms with Gasteiger partial charge in [0.1, 0.15) is 0 Å². The van der Waals surface area contributed by atoms with Gasteiger partial charge in [0, 0.05) is 6.26 Å². The molecule has 2 aromatic rings. The molecule has 0 aromatic heterocycles. The van der Waals surface area contributed by atoms with Gasteiger partial charge in [-0.3, -0.25) is 0 Å². The Bertz CT molecular complexity index is 668. The van der Waals surface area contributed by atoms with Crippen molar-refractivity contribution in [3.63, 3.8) is 0 Å². The molecule has 0 saturated heterocycles. The summed E-state index contributed by atoms with van der Waals surface area (Å²) in [6.07, 6.45) is 1.22. The summed E-state index contributed by atoms with van der Waals surface area (Å²) in [5.74, 6) is 0.482. The van der Waals surface area contributed by atoms with Crippen molar-refractivity contribution in [2.24, 2.45) is 0 Å². The van der Waals surface area contributed by atoms with Crippen molar-refractivity contribution in [1.29, 1.82) is 0 Å². The highest BCUT2D eigenvalue weighted by Crippen LogP contribution is 2.25.